The molecule has 13 heavy (non-hydrogen) atoms. The van der Waals surface area contributed by atoms with Crippen molar-refractivity contribution in [2.24, 2.45) is 0 Å². The van der Waals surface area contributed by atoms with Gasteiger partial charge in [-0.25, -0.2) is 4.79 Å². The zero-order valence-electron chi connectivity index (χ0n) is 7.90. The summed E-state index contributed by atoms with van der Waals surface area (Å²) in [6, 6.07) is 0. The molecule has 0 unspecified atom stereocenters. The van der Waals surface area contributed by atoms with Gasteiger partial charge in [-0.3, -0.25) is 0 Å². The fourth-order valence-corrected chi connectivity index (χ4v) is 0.483. The van der Waals surface area contributed by atoms with E-state index >= 15 is 0 Å². The first-order valence-corrected chi connectivity index (χ1v) is 4.68. The first kappa shape index (κ1) is 13.1. The number of hydrogen-bond acceptors (Lipinski definition) is 2. The third-order valence-corrected chi connectivity index (χ3v) is 2.76. The molecule has 0 N–H and O–H groups in total. The van der Waals surface area contributed by atoms with Crippen LogP contribution in [0.2, 0.25) is 0 Å². The van der Waals surface area contributed by atoms with Gasteiger partial charge < -0.3 is 9.64 Å². The Labute approximate surface area is 92.9 Å². The minimum atomic E-state index is -1.64. The molecule has 1 amide bonds. The molecule has 0 aromatic rings. The molecular formula is C7H12Cl3NO2. The predicted molar refractivity (Wildman–Crippen MR) is 54.5 cm³/mol. The summed E-state index contributed by atoms with van der Waals surface area (Å²) >= 11 is 16.8. The third kappa shape index (κ3) is 3.79. The topological polar surface area (TPSA) is 29.5 Å². The summed E-state index contributed by atoms with van der Waals surface area (Å²) in [7, 11) is 3.10. The van der Waals surface area contributed by atoms with E-state index in [2.05, 4.69) is 0 Å². The number of ether oxygens (including phenoxy) is 1. The van der Waals surface area contributed by atoms with E-state index in [0.717, 1.165) is 0 Å². The van der Waals surface area contributed by atoms with Crippen LogP contribution in [-0.4, -0.2) is 34.5 Å². The Kier molecular flexibility index (Phi) is 4.16. The lowest BCUT2D eigenvalue weighted by atomic mass is 10.2. The summed E-state index contributed by atoms with van der Waals surface area (Å²) in [5.41, 5.74) is -1.15. The van der Waals surface area contributed by atoms with Crippen molar-refractivity contribution < 1.29 is 9.53 Å². The van der Waals surface area contributed by atoms with Crippen molar-refractivity contribution in [1.29, 1.82) is 0 Å². The second-order valence-corrected chi connectivity index (χ2v) is 5.55. The Morgan fingerprint density at radius 2 is 1.62 bits per heavy atom. The number of nitrogens with zero attached hydrogens (tertiary/aromatic N) is 1. The van der Waals surface area contributed by atoms with Crippen LogP contribution in [0.3, 0.4) is 0 Å². The molecule has 0 aromatic heterocycles. The molecule has 0 rings (SSSR count). The van der Waals surface area contributed by atoms with Crippen LogP contribution in [0.4, 0.5) is 4.79 Å². The second kappa shape index (κ2) is 4.11. The lowest BCUT2D eigenvalue weighted by Crippen LogP contribution is -2.43. The molecule has 0 aromatic carbocycles. The summed E-state index contributed by atoms with van der Waals surface area (Å²) in [5, 5.41) is 0. The molecule has 6 heteroatoms. The van der Waals surface area contributed by atoms with E-state index in [1.807, 2.05) is 0 Å². The first-order chi connectivity index (χ1) is 5.58. The molecule has 0 bridgehead atoms. The average molecular weight is 249 g/mol. The van der Waals surface area contributed by atoms with Gasteiger partial charge in [0.25, 0.3) is 0 Å². The van der Waals surface area contributed by atoms with Gasteiger partial charge in [-0.2, -0.15) is 0 Å². The summed E-state index contributed by atoms with van der Waals surface area (Å²) < 4.78 is 3.31. The van der Waals surface area contributed by atoms with Crippen LogP contribution in [-0.2, 0) is 4.74 Å². The predicted octanol–water partition coefficient (Wildman–Crippen LogP) is 2.83. The van der Waals surface area contributed by atoms with Gasteiger partial charge in [-0.15, -0.1) is 0 Å². The molecule has 0 aliphatic rings. The number of alkyl halides is 3. The summed E-state index contributed by atoms with van der Waals surface area (Å²) in [6.45, 7) is 3.06. The van der Waals surface area contributed by atoms with E-state index in [-0.39, 0.29) is 0 Å². The van der Waals surface area contributed by atoms with Crippen LogP contribution in [0.1, 0.15) is 13.8 Å². The molecule has 0 heterocycles. The van der Waals surface area contributed by atoms with Gasteiger partial charge in [-0.05, 0) is 13.8 Å². The van der Waals surface area contributed by atoms with Gasteiger partial charge in [-0.1, -0.05) is 34.8 Å². The highest BCUT2D eigenvalue weighted by Gasteiger charge is 2.44. The lowest BCUT2D eigenvalue weighted by Gasteiger charge is -2.32. The number of carbonyl (C=O) groups excluding carboxylic acids is 1. The number of rotatable bonds is 1. The van der Waals surface area contributed by atoms with Crippen LogP contribution in [0.25, 0.3) is 0 Å². The van der Waals surface area contributed by atoms with E-state index < -0.39 is 15.5 Å². The molecule has 0 radical (unpaired) electrons. The Morgan fingerprint density at radius 3 is 1.85 bits per heavy atom. The van der Waals surface area contributed by atoms with E-state index in [1.165, 1.54) is 18.7 Å². The monoisotopic (exact) mass is 247 g/mol. The smallest absolute Gasteiger partial charge is 0.409 e. The van der Waals surface area contributed by atoms with Crippen LogP contribution in [0.15, 0.2) is 0 Å². The molecule has 0 spiro atoms. The summed E-state index contributed by atoms with van der Waals surface area (Å²) in [5.74, 6) is 0. The number of hydrogen-bond donors (Lipinski definition) is 0. The van der Waals surface area contributed by atoms with Gasteiger partial charge in [0, 0.05) is 14.1 Å². The number of halogens is 3. The van der Waals surface area contributed by atoms with Crippen molar-refractivity contribution in [2.45, 2.75) is 23.2 Å². The Morgan fingerprint density at radius 1 is 1.23 bits per heavy atom. The average Bonchev–Trinajstić information content (AvgIpc) is 1.83. The molecule has 0 saturated carbocycles. The highest BCUT2D eigenvalue weighted by Crippen LogP contribution is 2.40. The molecule has 0 saturated heterocycles. The van der Waals surface area contributed by atoms with E-state index in [4.69, 9.17) is 39.5 Å². The van der Waals surface area contributed by atoms with Gasteiger partial charge in [0.1, 0.15) is 0 Å². The van der Waals surface area contributed by atoms with Crippen molar-refractivity contribution in [3.05, 3.63) is 0 Å². The normalized spacial score (nSPS) is 12.5. The molecule has 0 aliphatic carbocycles. The van der Waals surface area contributed by atoms with Crippen LogP contribution in [0, 0.1) is 0 Å². The van der Waals surface area contributed by atoms with Crippen molar-refractivity contribution in [3.8, 4) is 0 Å². The zero-order chi connectivity index (χ0) is 10.9. The summed E-state index contributed by atoms with van der Waals surface area (Å²) in [4.78, 5) is 12.4. The lowest BCUT2D eigenvalue weighted by molar-refractivity contribution is 0.0242. The van der Waals surface area contributed by atoms with Gasteiger partial charge in [0.2, 0.25) is 3.79 Å². The first-order valence-electron chi connectivity index (χ1n) is 3.55. The maximum Gasteiger partial charge on any atom is 0.409 e. The SMILES string of the molecule is CN(C)C(=O)OC(C)(C)C(Cl)(Cl)Cl. The minimum absolute atomic E-state index is 0.545. The van der Waals surface area contributed by atoms with Crippen molar-refractivity contribution >= 4 is 40.9 Å². The molecule has 3 nitrogen and oxygen atoms in total. The van der Waals surface area contributed by atoms with Gasteiger partial charge in [0.05, 0.1) is 0 Å². The number of carbonyl (C=O) groups is 1. The Bertz CT molecular complexity index is 198. The summed E-state index contributed by atoms with van der Waals surface area (Å²) in [6.07, 6.45) is -0.545. The van der Waals surface area contributed by atoms with Crippen molar-refractivity contribution in [3.63, 3.8) is 0 Å². The molecular weight excluding hydrogens is 236 g/mol. The zero-order valence-corrected chi connectivity index (χ0v) is 10.2. The fraction of sp³-hybridized carbons (Fsp3) is 0.857. The van der Waals surface area contributed by atoms with Crippen molar-refractivity contribution in [1.82, 2.24) is 4.90 Å². The fourth-order valence-electron chi connectivity index (χ4n) is 0.367. The van der Waals surface area contributed by atoms with Crippen molar-refractivity contribution in [2.75, 3.05) is 14.1 Å². The van der Waals surface area contributed by atoms with E-state index in [0.29, 0.717) is 0 Å². The highest BCUT2D eigenvalue weighted by atomic mass is 35.6. The van der Waals surface area contributed by atoms with Gasteiger partial charge >= 0.3 is 6.09 Å². The standard InChI is InChI=1S/C7H12Cl3NO2/c1-6(2,7(8,9)10)13-5(12)11(3)4/h1-4H3. The second-order valence-electron chi connectivity index (χ2n) is 3.27. The van der Waals surface area contributed by atoms with E-state index in [9.17, 15) is 4.79 Å². The van der Waals surface area contributed by atoms with Crippen LogP contribution in [0.5, 0.6) is 0 Å². The minimum Gasteiger partial charge on any atom is -0.439 e. The third-order valence-electron chi connectivity index (χ3n) is 1.39. The van der Waals surface area contributed by atoms with Crippen LogP contribution >= 0.6 is 34.8 Å². The maximum absolute atomic E-state index is 11.1. The molecule has 0 fully saturated rings. The van der Waals surface area contributed by atoms with Gasteiger partial charge in [0.15, 0.2) is 5.60 Å². The molecule has 78 valence electrons. The molecule has 0 atom stereocenters. The Balaban J connectivity index is 4.44. The van der Waals surface area contributed by atoms with Crippen LogP contribution < -0.4 is 0 Å². The quantitative estimate of drug-likeness (QED) is 0.668. The highest BCUT2D eigenvalue weighted by molar-refractivity contribution is 6.68. The molecule has 0 aliphatic heterocycles. The maximum atomic E-state index is 11.1. The largest absolute Gasteiger partial charge is 0.439 e. The number of amides is 1. The van der Waals surface area contributed by atoms with E-state index in [1.54, 1.807) is 14.1 Å². The Hall–Kier alpha value is 0.140.